The van der Waals surface area contributed by atoms with E-state index in [1.807, 2.05) is 12.1 Å². The van der Waals surface area contributed by atoms with Crippen molar-refractivity contribution in [3.8, 4) is 5.75 Å². The smallest absolute Gasteiger partial charge is 0.150 e. The van der Waals surface area contributed by atoms with Gasteiger partial charge in [-0.05, 0) is 49.4 Å². The number of aromatic hydroxyl groups is 1. The number of sulfone groups is 1. The summed E-state index contributed by atoms with van der Waals surface area (Å²) >= 11 is 0. The van der Waals surface area contributed by atoms with E-state index in [0.29, 0.717) is 11.5 Å². The number of hydrogen-bond acceptors (Lipinski definition) is 4. The summed E-state index contributed by atoms with van der Waals surface area (Å²) in [5, 5.41) is 12.8. The fraction of sp³-hybridized carbons (Fsp3) is 0.600. The average molecular weight is 297 g/mol. The van der Waals surface area contributed by atoms with Gasteiger partial charge in [-0.1, -0.05) is 19.1 Å². The minimum absolute atomic E-state index is 0.191. The monoisotopic (exact) mass is 297 g/mol. The Bertz CT molecular complexity index is 525. The minimum Gasteiger partial charge on any atom is -0.508 e. The van der Waals surface area contributed by atoms with Gasteiger partial charge in [0.15, 0.2) is 9.84 Å². The third-order valence-electron chi connectivity index (χ3n) is 3.89. The van der Waals surface area contributed by atoms with Crippen molar-refractivity contribution in [2.45, 2.75) is 32.2 Å². The van der Waals surface area contributed by atoms with Crippen LogP contribution in [0.25, 0.3) is 0 Å². The van der Waals surface area contributed by atoms with Crippen LogP contribution in [-0.4, -0.2) is 37.6 Å². The molecule has 0 aromatic heterocycles. The van der Waals surface area contributed by atoms with Crippen molar-refractivity contribution in [1.82, 2.24) is 5.32 Å². The normalized spacial score (nSPS) is 22.8. The summed E-state index contributed by atoms with van der Waals surface area (Å²) in [5.74, 6) is 1.07. The Labute approximate surface area is 121 Å². The van der Waals surface area contributed by atoms with E-state index >= 15 is 0 Å². The maximum Gasteiger partial charge on any atom is 0.150 e. The van der Waals surface area contributed by atoms with E-state index in [1.165, 1.54) is 0 Å². The van der Waals surface area contributed by atoms with Gasteiger partial charge in [-0.2, -0.15) is 0 Å². The lowest BCUT2D eigenvalue weighted by molar-refractivity contribution is 0.379. The average Bonchev–Trinajstić information content (AvgIpc) is 2.77. The highest BCUT2D eigenvalue weighted by Crippen LogP contribution is 2.24. The Kier molecular flexibility index (Phi) is 5.05. The van der Waals surface area contributed by atoms with Crippen molar-refractivity contribution < 1.29 is 13.5 Å². The number of phenols is 1. The van der Waals surface area contributed by atoms with Gasteiger partial charge >= 0.3 is 0 Å². The molecule has 0 aliphatic carbocycles. The van der Waals surface area contributed by atoms with Crippen molar-refractivity contribution in [3.63, 3.8) is 0 Å². The standard InChI is InChI=1S/C15H23NO3S/c1-2-8-16-15(13-7-9-20(18,19)11-13)10-12-3-5-14(17)6-4-12/h3-6,13,15-17H,2,7-11H2,1H3. The zero-order valence-electron chi connectivity index (χ0n) is 11.9. The quantitative estimate of drug-likeness (QED) is 0.839. The molecule has 1 saturated heterocycles. The van der Waals surface area contributed by atoms with Gasteiger partial charge in [0.1, 0.15) is 5.75 Å². The van der Waals surface area contributed by atoms with Crippen molar-refractivity contribution in [1.29, 1.82) is 0 Å². The Morgan fingerprint density at radius 2 is 2.05 bits per heavy atom. The van der Waals surface area contributed by atoms with Gasteiger partial charge in [0.25, 0.3) is 0 Å². The van der Waals surface area contributed by atoms with Gasteiger partial charge in [0.05, 0.1) is 11.5 Å². The van der Waals surface area contributed by atoms with Crippen LogP contribution in [0.4, 0.5) is 0 Å². The SMILES string of the molecule is CCCNC(Cc1ccc(O)cc1)C1CCS(=O)(=O)C1. The van der Waals surface area contributed by atoms with E-state index in [-0.39, 0.29) is 17.7 Å². The molecule has 2 rings (SSSR count). The fourth-order valence-electron chi connectivity index (χ4n) is 2.76. The van der Waals surface area contributed by atoms with Crippen LogP contribution < -0.4 is 5.32 Å². The second-order valence-corrected chi connectivity index (χ2v) is 7.82. The first-order valence-electron chi connectivity index (χ1n) is 7.22. The van der Waals surface area contributed by atoms with Crippen molar-refractivity contribution in [2.75, 3.05) is 18.1 Å². The lowest BCUT2D eigenvalue weighted by Gasteiger charge is -2.24. The van der Waals surface area contributed by atoms with Crippen LogP contribution in [0, 0.1) is 5.92 Å². The molecule has 1 aromatic carbocycles. The van der Waals surface area contributed by atoms with Crippen molar-refractivity contribution in [3.05, 3.63) is 29.8 Å². The zero-order chi connectivity index (χ0) is 14.6. The third-order valence-corrected chi connectivity index (χ3v) is 5.68. The first-order chi connectivity index (χ1) is 9.50. The number of hydrogen-bond donors (Lipinski definition) is 2. The van der Waals surface area contributed by atoms with Crippen LogP contribution in [0.5, 0.6) is 5.75 Å². The van der Waals surface area contributed by atoms with Gasteiger partial charge < -0.3 is 10.4 Å². The molecule has 2 unspecified atom stereocenters. The molecular weight excluding hydrogens is 274 g/mol. The Hall–Kier alpha value is -1.07. The highest BCUT2D eigenvalue weighted by Gasteiger charge is 2.33. The molecular formula is C15H23NO3S. The molecule has 1 aliphatic rings. The molecule has 0 saturated carbocycles. The maximum atomic E-state index is 11.7. The summed E-state index contributed by atoms with van der Waals surface area (Å²) < 4.78 is 23.3. The molecule has 0 bridgehead atoms. The van der Waals surface area contributed by atoms with Gasteiger partial charge in [-0.3, -0.25) is 0 Å². The molecule has 2 atom stereocenters. The molecule has 112 valence electrons. The second-order valence-electron chi connectivity index (χ2n) is 5.59. The number of benzene rings is 1. The van der Waals surface area contributed by atoms with Crippen LogP contribution >= 0.6 is 0 Å². The molecule has 0 amide bonds. The topological polar surface area (TPSA) is 66.4 Å². The van der Waals surface area contributed by atoms with Crippen LogP contribution in [0.1, 0.15) is 25.3 Å². The highest BCUT2D eigenvalue weighted by molar-refractivity contribution is 7.91. The first kappa shape index (κ1) is 15.3. The molecule has 2 N–H and O–H groups in total. The predicted octanol–water partition coefficient (Wildman–Crippen LogP) is 1.74. The maximum absolute atomic E-state index is 11.7. The van der Waals surface area contributed by atoms with Gasteiger partial charge in [0.2, 0.25) is 0 Å². The molecule has 1 aliphatic heterocycles. The Morgan fingerprint density at radius 1 is 1.35 bits per heavy atom. The van der Waals surface area contributed by atoms with Crippen molar-refractivity contribution in [2.24, 2.45) is 5.92 Å². The zero-order valence-corrected chi connectivity index (χ0v) is 12.7. The molecule has 1 fully saturated rings. The molecule has 1 heterocycles. The van der Waals surface area contributed by atoms with Crippen LogP contribution in [0.3, 0.4) is 0 Å². The van der Waals surface area contributed by atoms with E-state index in [4.69, 9.17) is 0 Å². The minimum atomic E-state index is -2.84. The summed E-state index contributed by atoms with van der Waals surface area (Å²) in [6, 6.07) is 7.35. The highest BCUT2D eigenvalue weighted by atomic mass is 32.2. The van der Waals surface area contributed by atoms with Gasteiger partial charge in [-0.25, -0.2) is 8.42 Å². The largest absolute Gasteiger partial charge is 0.508 e. The van der Waals surface area contributed by atoms with Crippen LogP contribution in [0.2, 0.25) is 0 Å². The van der Waals surface area contributed by atoms with Crippen molar-refractivity contribution >= 4 is 9.84 Å². The predicted molar refractivity (Wildman–Crippen MR) is 80.7 cm³/mol. The Morgan fingerprint density at radius 3 is 2.60 bits per heavy atom. The molecule has 0 radical (unpaired) electrons. The van der Waals surface area contributed by atoms with Crippen LogP contribution in [0.15, 0.2) is 24.3 Å². The van der Waals surface area contributed by atoms with Crippen LogP contribution in [-0.2, 0) is 16.3 Å². The lowest BCUT2D eigenvalue weighted by atomic mass is 9.93. The fourth-order valence-corrected chi connectivity index (χ4v) is 4.64. The summed E-state index contributed by atoms with van der Waals surface area (Å²) in [7, 11) is -2.84. The number of nitrogens with one attached hydrogen (secondary N) is 1. The van der Waals surface area contributed by atoms with E-state index < -0.39 is 9.84 Å². The first-order valence-corrected chi connectivity index (χ1v) is 9.04. The van der Waals surface area contributed by atoms with E-state index in [9.17, 15) is 13.5 Å². The Balaban J connectivity index is 2.05. The lowest BCUT2D eigenvalue weighted by Crippen LogP contribution is -2.39. The molecule has 5 heteroatoms. The number of rotatable bonds is 6. The molecule has 1 aromatic rings. The third kappa shape index (κ3) is 4.21. The van der Waals surface area contributed by atoms with E-state index in [1.54, 1.807) is 12.1 Å². The van der Waals surface area contributed by atoms with Gasteiger partial charge in [-0.15, -0.1) is 0 Å². The second kappa shape index (κ2) is 6.59. The summed E-state index contributed by atoms with van der Waals surface area (Å²) in [6.45, 7) is 3.01. The van der Waals surface area contributed by atoms with E-state index in [2.05, 4.69) is 12.2 Å². The summed E-state index contributed by atoms with van der Waals surface area (Å²) in [4.78, 5) is 0. The molecule has 0 spiro atoms. The van der Waals surface area contributed by atoms with Gasteiger partial charge in [0, 0.05) is 6.04 Å². The summed E-state index contributed by atoms with van der Waals surface area (Å²) in [6.07, 6.45) is 2.59. The number of phenolic OH excluding ortho intramolecular Hbond substituents is 1. The summed E-state index contributed by atoms with van der Waals surface area (Å²) in [5.41, 5.74) is 1.13. The molecule has 4 nitrogen and oxygen atoms in total. The molecule has 20 heavy (non-hydrogen) atoms. The van der Waals surface area contributed by atoms with E-state index in [0.717, 1.165) is 31.4 Å².